The second-order valence-electron chi connectivity index (χ2n) is 10.1. The molecule has 0 bridgehead atoms. The first-order chi connectivity index (χ1) is 20.0. The van der Waals surface area contributed by atoms with Crippen LogP contribution in [0, 0.1) is 6.92 Å². The van der Waals surface area contributed by atoms with Gasteiger partial charge in [0.1, 0.15) is 17.1 Å². The molecule has 1 aromatic heterocycles. The molecule has 0 radical (unpaired) electrons. The molecule has 4 aromatic rings. The standard InChI is InChI=1S/C31H26Cl2F3NO5/c1-18-16-21(10-12-24(18)33)40-28-26(38)22-11-13-25(41-30(39)19-6-8-20(32)9-7-19)23(17-37-14-4-2-3-5-15-37)27(22)42-29(28)31(34,35)36/h6-13,16H,2-5,14-15,17H2,1H3. The summed E-state index contributed by atoms with van der Waals surface area (Å²) >= 11 is 12.0. The first kappa shape index (κ1) is 29.9. The molecular formula is C31H26Cl2F3NO5. The second kappa shape index (κ2) is 12.4. The molecule has 0 N–H and O–H groups in total. The van der Waals surface area contributed by atoms with E-state index in [0.717, 1.165) is 25.7 Å². The van der Waals surface area contributed by atoms with Crippen LogP contribution in [0.1, 0.15) is 52.9 Å². The second-order valence-corrected chi connectivity index (χ2v) is 10.9. The van der Waals surface area contributed by atoms with Gasteiger partial charge in [0.25, 0.3) is 5.76 Å². The first-order valence-corrected chi connectivity index (χ1v) is 14.1. The summed E-state index contributed by atoms with van der Waals surface area (Å²) in [5.74, 6) is -3.34. The number of hydrogen-bond acceptors (Lipinski definition) is 6. The normalized spacial score (nSPS) is 14.5. The van der Waals surface area contributed by atoms with Gasteiger partial charge in [-0.2, -0.15) is 13.2 Å². The summed E-state index contributed by atoms with van der Waals surface area (Å²) < 4.78 is 59.8. The molecule has 42 heavy (non-hydrogen) atoms. The van der Waals surface area contributed by atoms with Crippen LogP contribution in [-0.2, 0) is 12.7 Å². The number of nitrogens with zero attached hydrogens (tertiary/aromatic N) is 1. The number of carbonyl (C=O) groups is 1. The summed E-state index contributed by atoms with van der Waals surface area (Å²) in [7, 11) is 0. The molecule has 220 valence electrons. The minimum atomic E-state index is -5.07. The van der Waals surface area contributed by atoms with E-state index in [1.54, 1.807) is 6.92 Å². The van der Waals surface area contributed by atoms with Crippen LogP contribution < -0.4 is 14.9 Å². The fraction of sp³-hybridized carbons (Fsp3) is 0.290. The van der Waals surface area contributed by atoms with Gasteiger partial charge in [-0.25, -0.2) is 4.79 Å². The summed E-state index contributed by atoms with van der Waals surface area (Å²) in [4.78, 5) is 28.6. The average Bonchev–Trinajstić information content (AvgIpc) is 3.22. The van der Waals surface area contributed by atoms with Gasteiger partial charge in [-0.3, -0.25) is 9.69 Å². The number of ether oxygens (including phenoxy) is 2. The van der Waals surface area contributed by atoms with Crippen molar-refractivity contribution in [3.8, 4) is 17.2 Å². The number of alkyl halides is 3. The third-order valence-electron chi connectivity index (χ3n) is 7.05. The summed E-state index contributed by atoms with van der Waals surface area (Å²) in [6.45, 7) is 3.14. The highest BCUT2D eigenvalue weighted by atomic mass is 35.5. The number of fused-ring (bicyclic) bond motifs is 1. The molecule has 3 aromatic carbocycles. The SMILES string of the molecule is Cc1cc(Oc2c(C(F)(F)F)oc3c(CN4CCCCCC4)c(OC(=O)c4ccc(Cl)cc4)ccc3c2=O)ccc1Cl. The van der Waals surface area contributed by atoms with E-state index in [9.17, 15) is 22.8 Å². The van der Waals surface area contributed by atoms with E-state index < -0.39 is 29.1 Å². The minimum Gasteiger partial charge on any atom is -0.449 e. The van der Waals surface area contributed by atoms with Gasteiger partial charge >= 0.3 is 12.1 Å². The van der Waals surface area contributed by atoms with Crippen LogP contribution in [0.25, 0.3) is 11.0 Å². The number of likely N-dealkylation sites (tertiary alicyclic amines) is 1. The molecular weight excluding hydrogens is 594 g/mol. The predicted octanol–water partition coefficient (Wildman–Crippen LogP) is 8.81. The molecule has 1 aliphatic rings. The third kappa shape index (κ3) is 6.59. The van der Waals surface area contributed by atoms with Crippen LogP contribution in [0.2, 0.25) is 10.0 Å². The lowest BCUT2D eigenvalue weighted by Crippen LogP contribution is -2.25. The summed E-state index contributed by atoms with van der Waals surface area (Å²) in [6, 6.07) is 12.9. The summed E-state index contributed by atoms with van der Waals surface area (Å²) in [5.41, 5.74) is -0.422. The van der Waals surface area contributed by atoms with Crippen molar-refractivity contribution in [2.75, 3.05) is 13.1 Å². The molecule has 1 fully saturated rings. The molecule has 0 saturated carbocycles. The zero-order chi connectivity index (χ0) is 30.0. The topological polar surface area (TPSA) is 69.0 Å². The van der Waals surface area contributed by atoms with Gasteiger partial charge in [0.15, 0.2) is 0 Å². The Labute approximate surface area is 249 Å². The van der Waals surface area contributed by atoms with Crippen molar-refractivity contribution in [2.24, 2.45) is 0 Å². The lowest BCUT2D eigenvalue weighted by atomic mass is 10.1. The minimum absolute atomic E-state index is 0.00708. The Bertz CT molecular complexity index is 1680. The summed E-state index contributed by atoms with van der Waals surface area (Å²) in [6.07, 6.45) is -1.20. The molecule has 1 aliphatic heterocycles. The maximum atomic E-state index is 14.4. The van der Waals surface area contributed by atoms with Crippen molar-refractivity contribution in [1.82, 2.24) is 4.90 Å². The highest BCUT2D eigenvalue weighted by Gasteiger charge is 2.41. The Morgan fingerprint density at radius 2 is 1.67 bits per heavy atom. The van der Waals surface area contributed by atoms with Crippen molar-refractivity contribution in [3.63, 3.8) is 0 Å². The molecule has 0 amide bonds. The molecule has 11 heteroatoms. The van der Waals surface area contributed by atoms with Crippen LogP contribution in [0.15, 0.2) is 63.8 Å². The van der Waals surface area contributed by atoms with Gasteiger partial charge in [0, 0.05) is 16.6 Å². The average molecular weight is 620 g/mol. The largest absolute Gasteiger partial charge is 0.453 e. The smallest absolute Gasteiger partial charge is 0.449 e. The number of hydrogen-bond donors (Lipinski definition) is 0. The van der Waals surface area contributed by atoms with E-state index in [1.165, 1.54) is 54.6 Å². The molecule has 0 unspecified atom stereocenters. The molecule has 0 spiro atoms. The fourth-order valence-corrected chi connectivity index (χ4v) is 5.11. The summed E-state index contributed by atoms with van der Waals surface area (Å²) in [5, 5.41) is 0.676. The maximum Gasteiger partial charge on any atom is 0.453 e. The van der Waals surface area contributed by atoms with Gasteiger partial charge in [0.05, 0.1) is 16.5 Å². The molecule has 0 atom stereocenters. The van der Waals surface area contributed by atoms with Crippen molar-refractivity contribution in [2.45, 2.75) is 45.3 Å². The van der Waals surface area contributed by atoms with Crippen LogP contribution in [0.5, 0.6) is 17.2 Å². The molecule has 2 heterocycles. The van der Waals surface area contributed by atoms with E-state index in [0.29, 0.717) is 28.7 Å². The van der Waals surface area contributed by atoms with Gasteiger partial charge in [-0.15, -0.1) is 0 Å². The number of benzene rings is 3. The quantitative estimate of drug-likeness (QED) is 0.159. The Morgan fingerprint density at radius 3 is 2.31 bits per heavy atom. The van der Waals surface area contributed by atoms with E-state index in [4.69, 9.17) is 37.1 Å². The maximum absolute atomic E-state index is 14.4. The van der Waals surface area contributed by atoms with Crippen molar-refractivity contribution >= 4 is 40.1 Å². The molecule has 6 nitrogen and oxygen atoms in total. The monoisotopic (exact) mass is 619 g/mol. The fourth-order valence-electron chi connectivity index (χ4n) is 4.86. The highest BCUT2D eigenvalue weighted by molar-refractivity contribution is 6.31. The number of halogens is 5. The van der Waals surface area contributed by atoms with Crippen molar-refractivity contribution < 1.29 is 31.9 Å². The molecule has 5 rings (SSSR count). The number of rotatable bonds is 6. The Kier molecular flexibility index (Phi) is 8.82. The Balaban J connectivity index is 1.66. The number of aryl methyl sites for hydroxylation is 1. The zero-order valence-electron chi connectivity index (χ0n) is 22.5. The van der Waals surface area contributed by atoms with Crippen molar-refractivity contribution in [3.05, 3.63) is 97.3 Å². The van der Waals surface area contributed by atoms with Gasteiger partial charge in [-0.1, -0.05) is 36.0 Å². The molecule has 0 aliphatic carbocycles. The van der Waals surface area contributed by atoms with Crippen LogP contribution >= 0.6 is 23.2 Å². The van der Waals surface area contributed by atoms with E-state index in [1.807, 2.05) is 0 Å². The predicted molar refractivity (Wildman–Crippen MR) is 154 cm³/mol. The van der Waals surface area contributed by atoms with Crippen molar-refractivity contribution in [1.29, 1.82) is 0 Å². The van der Waals surface area contributed by atoms with E-state index >= 15 is 0 Å². The Hall–Kier alpha value is -3.53. The number of carbonyl (C=O) groups excluding carboxylic acids is 1. The van der Waals surface area contributed by atoms with Crippen LogP contribution in [0.4, 0.5) is 13.2 Å². The van der Waals surface area contributed by atoms with E-state index in [-0.39, 0.29) is 40.1 Å². The number of esters is 1. The highest BCUT2D eigenvalue weighted by Crippen LogP contribution is 2.41. The first-order valence-electron chi connectivity index (χ1n) is 13.4. The van der Waals surface area contributed by atoms with Crippen LogP contribution in [-0.4, -0.2) is 24.0 Å². The third-order valence-corrected chi connectivity index (χ3v) is 7.72. The zero-order valence-corrected chi connectivity index (χ0v) is 24.0. The van der Waals surface area contributed by atoms with Gasteiger partial charge in [-0.05, 0) is 93.0 Å². The Morgan fingerprint density at radius 1 is 0.976 bits per heavy atom. The lowest BCUT2D eigenvalue weighted by Gasteiger charge is -2.22. The molecule has 1 saturated heterocycles. The van der Waals surface area contributed by atoms with E-state index in [2.05, 4.69) is 4.90 Å². The van der Waals surface area contributed by atoms with Crippen LogP contribution in [0.3, 0.4) is 0 Å². The lowest BCUT2D eigenvalue weighted by molar-refractivity contribution is -0.154. The van der Waals surface area contributed by atoms with Gasteiger partial charge in [0.2, 0.25) is 11.2 Å². The van der Waals surface area contributed by atoms with Gasteiger partial charge < -0.3 is 13.9 Å².